The molecule has 1 unspecified atom stereocenters. The summed E-state index contributed by atoms with van der Waals surface area (Å²) in [4.78, 5) is 42.0. The largest absolute Gasteiger partial charge is 0.381 e. The van der Waals surface area contributed by atoms with Crippen LogP contribution in [0.15, 0.2) is 18.2 Å². The van der Waals surface area contributed by atoms with Crippen molar-refractivity contribution >= 4 is 29.1 Å². The van der Waals surface area contributed by atoms with Gasteiger partial charge in [-0.05, 0) is 37.0 Å². The lowest BCUT2D eigenvalue weighted by molar-refractivity contribution is -0.137. The number of fused-ring (bicyclic) bond motifs is 2. The van der Waals surface area contributed by atoms with Gasteiger partial charge in [0, 0.05) is 51.5 Å². The number of carbonyl (C=O) groups excluding carboxylic acids is 3. The Morgan fingerprint density at radius 2 is 1.83 bits per heavy atom. The summed E-state index contributed by atoms with van der Waals surface area (Å²) in [7, 11) is 0. The average Bonchev–Trinajstić information content (AvgIpc) is 2.97. The van der Waals surface area contributed by atoms with Gasteiger partial charge in [0.1, 0.15) is 6.04 Å². The van der Waals surface area contributed by atoms with Crippen LogP contribution in [-0.4, -0.2) is 63.2 Å². The second kappa shape index (κ2) is 7.11. The van der Waals surface area contributed by atoms with Gasteiger partial charge in [-0.2, -0.15) is 0 Å². The first-order valence-corrected chi connectivity index (χ1v) is 10.5. The Hall–Kier alpha value is -2.45. The molecule has 4 aliphatic heterocycles. The lowest BCUT2D eigenvalue weighted by Crippen LogP contribution is -2.56. The van der Waals surface area contributed by atoms with Crippen molar-refractivity contribution in [2.45, 2.75) is 37.1 Å². The van der Waals surface area contributed by atoms with Crippen LogP contribution in [-0.2, 0) is 24.5 Å². The van der Waals surface area contributed by atoms with Crippen molar-refractivity contribution in [3.05, 3.63) is 23.8 Å². The van der Waals surface area contributed by atoms with Crippen molar-refractivity contribution in [3.63, 3.8) is 0 Å². The Bertz CT molecular complexity index is 858. The molecule has 0 radical (unpaired) electrons. The molecule has 1 atom stereocenters. The maximum absolute atomic E-state index is 13.7. The smallest absolute Gasteiger partial charge is 0.249 e. The van der Waals surface area contributed by atoms with E-state index in [1.807, 2.05) is 0 Å². The molecule has 5 rings (SSSR count). The zero-order valence-electron chi connectivity index (χ0n) is 16.4. The number of anilines is 2. The Balaban J connectivity index is 1.58. The molecule has 154 valence electrons. The molecule has 0 aromatic heterocycles. The van der Waals surface area contributed by atoms with Crippen molar-refractivity contribution < 1.29 is 19.1 Å². The SMILES string of the molecule is O=C1CCC(N2C(=O)C3(CCOCC3)c3ccc(N4CCNCC4)cc32)C(=O)N1. The molecule has 1 aromatic carbocycles. The molecule has 8 heteroatoms. The van der Waals surface area contributed by atoms with Gasteiger partial charge in [0.2, 0.25) is 17.7 Å². The third-order valence-electron chi connectivity index (χ3n) is 6.73. The molecule has 29 heavy (non-hydrogen) atoms. The van der Waals surface area contributed by atoms with Crippen molar-refractivity contribution in [3.8, 4) is 0 Å². The summed E-state index contributed by atoms with van der Waals surface area (Å²) in [5, 5.41) is 5.77. The van der Waals surface area contributed by atoms with E-state index in [1.54, 1.807) is 4.90 Å². The summed E-state index contributed by atoms with van der Waals surface area (Å²) in [6.45, 7) is 4.73. The van der Waals surface area contributed by atoms with E-state index in [-0.39, 0.29) is 24.1 Å². The van der Waals surface area contributed by atoms with Crippen molar-refractivity contribution in [2.75, 3.05) is 49.2 Å². The van der Waals surface area contributed by atoms with Gasteiger partial charge in [0.05, 0.1) is 11.1 Å². The number of piperidine rings is 1. The molecule has 3 saturated heterocycles. The second-order valence-electron chi connectivity index (χ2n) is 8.28. The number of imide groups is 1. The third kappa shape index (κ3) is 2.93. The Morgan fingerprint density at radius 1 is 1.07 bits per heavy atom. The first kappa shape index (κ1) is 18.6. The number of nitrogens with one attached hydrogen (secondary N) is 2. The van der Waals surface area contributed by atoms with Crippen LogP contribution in [0.25, 0.3) is 0 Å². The van der Waals surface area contributed by atoms with Crippen LogP contribution >= 0.6 is 0 Å². The van der Waals surface area contributed by atoms with E-state index in [4.69, 9.17) is 4.74 Å². The van der Waals surface area contributed by atoms with E-state index in [1.165, 1.54) is 0 Å². The van der Waals surface area contributed by atoms with Crippen LogP contribution in [0, 0.1) is 0 Å². The lowest BCUT2D eigenvalue weighted by atomic mass is 9.75. The number of ether oxygens (including phenoxy) is 1. The van der Waals surface area contributed by atoms with Gasteiger partial charge in [-0.25, -0.2) is 0 Å². The zero-order valence-corrected chi connectivity index (χ0v) is 16.4. The van der Waals surface area contributed by atoms with Gasteiger partial charge in [0.25, 0.3) is 0 Å². The van der Waals surface area contributed by atoms with Crippen molar-refractivity contribution in [1.82, 2.24) is 10.6 Å². The number of hydrogen-bond donors (Lipinski definition) is 2. The number of carbonyl (C=O) groups is 3. The van der Waals surface area contributed by atoms with Crippen LogP contribution in [0.4, 0.5) is 11.4 Å². The van der Waals surface area contributed by atoms with Gasteiger partial charge in [-0.15, -0.1) is 0 Å². The molecular formula is C21H26N4O4. The normalized spacial score (nSPS) is 26.6. The maximum Gasteiger partial charge on any atom is 0.249 e. The van der Waals surface area contributed by atoms with Crippen LogP contribution in [0.3, 0.4) is 0 Å². The zero-order chi connectivity index (χ0) is 20.0. The van der Waals surface area contributed by atoms with E-state index in [0.717, 1.165) is 43.1 Å². The highest BCUT2D eigenvalue weighted by Crippen LogP contribution is 2.50. The Labute approximate surface area is 169 Å². The van der Waals surface area contributed by atoms with Gasteiger partial charge in [0.15, 0.2) is 0 Å². The number of amides is 3. The minimum Gasteiger partial charge on any atom is -0.381 e. The molecular weight excluding hydrogens is 372 g/mol. The molecule has 0 bridgehead atoms. The first-order chi connectivity index (χ1) is 14.1. The quantitative estimate of drug-likeness (QED) is 0.697. The topological polar surface area (TPSA) is 91.0 Å². The van der Waals surface area contributed by atoms with Crippen LogP contribution in [0.2, 0.25) is 0 Å². The number of nitrogens with zero attached hydrogens (tertiary/aromatic N) is 2. The Kier molecular flexibility index (Phi) is 4.55. The second-order valence-corrected chi connectivity index (χ2v) is 8.28. The standard InChI is InChI=1S/C21H26N4O4/c26-18-4-3-16(19(27)23-18)25-17-13-14(24-9-7-22-8-10-24)1-2-15(17)21(20(25)28)5-11-29-12-6-21/h1-2,13,16,22H,3-12H2,(H,23,26,27). The summed E-state index contributed by atoms with van der Waals surface area (Å²) in [6, 6.07) is 5.59. The first-order valence-electron chi connectivity index (χ1n) is 10.5. The van der Waals surface area contributed by atoms with E-state index < -0.39 is 11.5 Å². The van der Waals surface area contributed by atoms with E-state index in [0.29, 0.717) is 32.5 Å². The highest BCUT2D eigenvalue weighted by molar-refractivity contribution is 6.14. The molecule has 8 nitrogen and oxygen atoms in total. The summed E-state index contributed by atoms with van der Waals surface area (Å²) < 4.78 is 5.54. The number of hydrogen-bond acceptors (Lipinski definition) is 6. The number of rotatable bonds is 2. The third-order valence-corrected chi connectivity index (χ3v) is 6.73. The minimum absolute atomic E-state index is 0.0252. The molecule has 3 amide bonds. The average molecular weight is 398 g/mol. The highest BCUT2D eigenvalue weighted by atomic mass is 16.5. The molecule has 0 saturated carbocycles. The van der Waals surface area contributed by atoms with E-state index >= 15 is 0 Å². The van der Waals surface area contributed by atoms with Gasteiger partial charge in [-0.1, -0.05) is 6.07 Å². The fourth-order valence-corrected chi connectivity index (χ4v) is 5.14. The molecule has 4 aliphatic rings. The van der Waals surface area contributed by atoms with Crippen molar-refractivity contribution in [1.29, 1.82) is 0 Å². The Morgan fingerprint density at radius 3 is 2.55 bits per heavy atom. The lowest BCUT2D eigenvalue weighted by Gasteiger charge is -2.35. The number of piperazine rings is 1. The molecule has 3 fully saturated rings. The van der Waals surface area contributed by atoms with Gasteiger partial charge < -0.3 is 15.0 Å². The summed E-state index contributed by atoms with van der Waals surface area (Å²) in [5.74, 6) is -0.673. The van der Waals surface area contributed by atoms with Gasteiger partial charge in [-0.3, -0.25) is 24.6 Å². The molecule has 2 N–H and O–H groups in total. The molecule has 4 heterocycles. The van der Waals surface area contributed by atoms with E-state index in [2.05, 4.69) is 33.7 Å². The molecule has 1 spiro atoms. The predicted molar refractivity (Wildman–Crippen MR) is 107 cm³/mol. The number of benzene rings is 1. The maximum atomic E-state index is 13.7. The summed E-state index contributed by atoms with van der Waals surface area (Å²) in [5.41, 5.74) is 2.26. The predicted octanol–water partition coefficient (Wildman–Crippen LogP) is 0.296. The van der Waals surface area contributed by atoms with Crippen LogP contribution in [0.1, 0.15) is 31.2 Å². The summed E-state index contributed by atoms with van der Waals surface area (Å²) in [6.07, 6.45) is 1.86. The fraction of sp³-hybridized carbons (Fsp3) is 0.571. The monoisotopic (exact) mass is 398 g/mol. The van der Waals surface area contributed by atoms with Crippen molar-refractivity contribution in [2.24, 2.45) is 0 Å². The highest BCUT2D eigenvalue weighted by Gasteiger charge is 2.54. The summed E-state index contributed by atoms with van der Waals surface area (Å²) >= 11 is 0. The molecule has 1 aromatic rings. The van der Waals surface area contributed by atoms with Crippen LogP contribution in [0.5, 0.6) is 0 Å². The van der Waals surface area contributed by atoms with Gasteiger partial charge >= 0.3 is 0 Å². The van der Waals surface area contributed by atoms with Crippen LogP contribution < -0.4 is 20.4 Å². The molecule has 0 aliphatic carbocycles. The van der Waals surface area contributed by atoms with E-state index in [9.17, 15) is 14.4 Å². The fourth-order valence-electron chi connectivity index (χ4n) is 5.14. The minimum atomic E-state index is -0.639.